The molecule has 0 saturated carbocycles. The molecule has 0 radical (unpaired) electrons. The van der Waals surface area contributed by atoms with E-state index >= 15 is 0 Å². The van der Waals surface area contributed by atoms with Crippen LogP contribution in [0.1, 0.15) is 17.9 Å². The quantitative estimate of drug-likeness (QED) is 0.743. The molecule has 0 N–H and O–H groups in total. The minimum Gasteiger partial charge on any atom is -0.481 e. The summed E-state index contributed by atoms with van der Waals surface area (Å²) in [4.78, 5) is 17.5. The fourth-order valence-electron chi connectivity index (χ4n) is 2.23. The van der Waals surface area contributed by atoms with Crippen molar-refractivity contribution in [2.75, 3.05) is 20.2 Å². The van der Waals surface area contributed by atoms with Crippen LogP contribution in [0.15, 0.2) is 31.0 Å². The number of methoxy groups -OCH3 is 1. The summed E-state index contributed by atoms with van der Waals surface area (Å²) in [6.45, 7) is 5.00. The van der Waals surface area contributed by atoms with Gasteiger partial charge in [-0.1, -0.05) is 12.6 Å². The smallest absolute Gasteiger partial charge is 0.245 e. The molecular formula is C13H16N2O2. The Kier molecular flexibility index (Phi) is 3.42. The summed E-state index contributed by atoms with van der Waals surface area (Å²) in [5.41, 5.74) is 1.08. The minimum absolute atomic E-state index is 0.00430. The number of hydrogen-bond acceptors (Lipinski definition) is 3. The van der Waals surface area contributed by atoms with Crippen LogP contribution in [0, 0.1) is 0 Å². The lowest BCUT2D eigenvalue weighted by Crippen LogP contribution is -2.26. The predicted octanol–water partition coefficient (Wildman–Crippen LogP) is 1.59. The second kappa shape index (κ2) is 4.99. The number of pyridine rings is 1. The summed E-state index contributed by atoms with van der Waals surface area (Å²) in [7, 11) is 1.62. The van der Waals surface area contributed by atoms with Crippen LogP contribution in [-0.4, -0.2) is 36.0 Å². The van der Waals surface area contributed by atoms with Gasteiger partial charge in [-0.3, -0.25) is 4.79 Å². The SMILES string of the molecule is C=CC(=O)N1CCC(c2cccnc2OC)C1. The number of carbonyl (C=O) groups excluding carboxylic acids is 1. The van der Waals surface area contributed by atoms with Crippen molar-refractivity contribution >= 4 is 5.91 Å². The Morgan fingerprint density at radius 1 is 1.71 bits per heavy atom. The molecule has 90 valence electrons. The van der Waals surface area contributed by atoms with E-state index in [1.54, 1.807) is 13.3 Å². The van der Waals surface area contributed by atoms with Crippen molar-refractivity contribution in [2.24, 2.45) is 0 Å². The van der Waals surface area contributed by atoms with Crippen LogP contribution in [0.4, 0.5) is 0 Å². The number of amides is 1. The molecule has 0 spiro atoms. The first-order valence-electron chi connectivity index (χ1n) is 5.66. The zero-order valence-corrected chi connectivity index (χ0v) is 9.93. The molecule has 17 heavy (non-hydrogen) atoms. The van der Waals surface area contributed by atoms with Crippen molar-refractivity contribution in [2.45, 2.75) is 12.3 Å². The minimum atomic E-state index is -0.00430. The molecule has 1 atom stereocenters. The first kappa shape index (κ1) is 11.6. The maximum Gasteiger partial charge on any atom is 0.245 e. The molecule has 0 aliphatic carbocycles. The fourth-order valence-corrected chi connectivity index (χ4v) is 2.23. The summed E-state index contributed by atoms with van der Waals surface area (Å²) in [5, 5.41) is 0. The van der Waals surface area contributed by atoms with Crippen molar-refractivity contribution in [1.82, 2.24) is 9.88 Å². The monoisotopic (exact) mass is 232 g/mol. The van der Waals surface area contributed by atoms with Crippen LogP contribution >= 0.6 is 0 Å². The molecule has 1 amide bonds. The van der Waals surface area contributed by atoms with E-state index in [0.29, 0.717) is 18.3 Å². The second-order valence-corrected chi connectivity index (χ2v) is 4.08. The van der Waals surface area contributed by atoms with Crippen molar-refractivity contribution in [3.63, 3.8) is 0 Å². The number of aromatic nitrogens is 1. The molecule has 4 heteroatoms. The lowest BCUT2D eigenvalue weighted by Gasteiger charge is -2.15. The van der Waals surface area contributed by atoms with Gasteiger partial charge in [-0.05, 0) is 18.6 Å². The number of hydrogen-bond donors (Lipinski definition) is 0. The first-order valence-corrected chi connectivity index (χ1v) is 5.66. The fraction of sp³-hybridized carbons (Fsp3) is 0.385. The summed E-state index contributed by atoms with van der Waals surface area (Å²) < 4.78 is 5.25. The van der Waals surface area contributed by atoms with Crippen molar-refractivity contribution in [3.8, 4) is 5.88 Å². The first-order chi connectivity index (χ1) is 8.26. The van der Waals surface area contributed by atoms with Gasteiger partial charge in [-0.25, -0.2) is 4.98 Å². The molecule has 1 fully saturated rings. The maximum atomic E-state index is 11.5. The summed E-state index contributed by atoms with van der Waals surface area (Å²) in [6.07, 6.45) is 4.02. The van der Waals surface area contributed by atoms with E-state index in [9.17, 15) is 4.79 Å². The Morgan fingerprint density at radius 3 is 3.24 bits per heavy atom. The number of likely N-dealkylation sites (tertiary alicyclic amines) is 1. The number of rotatable bonds is 3. The Bertz CT molecular complexity index is 431. The summed E-state index contributed by atoms with van der Waals surface area (Å²) in [5.74, 6) is 0.961. The van der Waals surface area contributed by atoms with Crippen LogP contribution in [0.25, 0.3) is 0 Å². The second-order valence-electron chi connectivity index (χ2n) is 4.08. The Morgan fingerprint density at radius 2 is 2.53 bits per heavy atom. The summed E-state index contributed by atoms with van der Waals surface area (Å²) >= 11 is 0. The highest BCUT2D eigenvalue weighted by Gasteiger charge is 2.28. The number of carbonyl (C=O) groups is 1. The van der Waals surface area contributed by atoms with E-state index in [1.807, 2.05) is 17.0 Å². The predicted molar refractivity (Wildman–Crippen MR) is 64.9 cm³/mol. The van der Waals surface area contributed by atoms with Crippen LogP contribution < -0.4 is 4.74 Å². The number of nitrogens with zero attached hydrogens (tertiary/aromatic N) is 2. The van der Waals surface area contributed by atoms with Gasteiger partial charge < -0.3 is 9.64 Å². The molecule has 1 aliphatic rings. The van der Waals surface area contributed by atoms with Gasteiger partial charge in [-0.2, -0.15) is 0 Å². The highest BCUT2D eigenvalue weighted by molar-refractivity contribution is 5.87. The average molecular weight is 232 g/mol. The molecule has 2 rings (SSSR count). The van der Waals surface area contributed by atoms with E-state index < -0.39 is 0 Å². The summed E-state index contributed by atoms with van der Waals surface area (Å²) in [6, 6.07) is 3.91. The maximum absolute atomic E-state index is 11.5. The van der Waals surface area contributed by atoms with Crippen molar-refractivity contribution < 1.29 is 9.53 Å². The van der Waals surface area contributed by atoms with Gasteiger partial charge >= 0.3 is 0 Å². The van der Waals surface area contributed by atoms with E-state index in [0.717, 1.165) is 18.5 Å². The molecule has 1 aliphatic heterocycles. The van der Waals surface area contributed by atoms with Gasteiger partial charge in [0, 0.05) is 30.8 Å². The lowest BCUT2D eigenvalue weighted by atomic mass is 10.00. The van der Waals surface area contributed by atoms with Gasteiger partial charge in [-0.15, -0.1) is 0 Å². The standard InChI is InChI=1S/C13H16N2O2/c1-3-12(16)15-8-6-10(9-15)11-5-4-7-14-13(11)17-2/h3-5,7,10H,1,6,8-9H2,2H3. The van der Waals surface area contributed by atoms with E-state index in [1.165, 1.54) is 6.08 Å². The van der Waals surface area contributed by atoms with E-state index in [2.05, 4.69) is 11.6 Å². The van der Waals surface area contributed by atoms with Crippen molar-refractivity contribution in [1.29, 1.82) is 0 Å². The van der Waals surface area contributed by atoms with Crippen LogP contribution in [-0.2, 0) is 4.79 Å². The van der Waals surface area contributed by atoms with Crippen LogP contribution in [0.5, 0.6) is 5.88 Å². The van der Waals surface area contributed by atoms with Gasteiger partial charge in [0.05, 0.1) is 7.11 Å². The molecule has 1 unspecified atom stereocenters. The molecule has 1 saturated heterocycles. The molecule has 1 aromatic heterocycles. The van der Waals surface area contributed by atoms with Crippen molar-refractivity contribution in [3.05, 3.63) is 36.5 Å². The highest BCUT2D eigenvalue weighted by Crippen LogP contribution is 2.31. The van der Waals surface area contributed by atoms with Gasteiger partial charge in [0.15, 0.2) is 0 Å². The molecule has 4 nitrogen and oxygen atoms in total. The topological polar surface area (TPSA) is 42.4 Å². The van der Waals surface area contributed by atoms with Gasteiger partial charge in [0.25, 0.3) is 0 Å². The zero-order chi connectivity index (χ0) is 12.3. The zero-order valence-electron chi connectivity index (χ0n) is 9.93. The van der Waals surface area contributed by atoms with Gasteiger partial charge in [0.1, 0.15) is 0 Å². The molecule has 0 bridgehead atoms. The van der Waals surface area contributed by atoms with Gasteiger partial charge in [0.2, 0.25) is 11.8 Å². The third-order valence-corrected chi connectivity index (χ3v) is 3.11. The third-order valence-electron chi connectivity index (χ3n) is 3.11. The number of ether oxygens (including phenoxy) is 1. The van der Waals surface area contributed by atoms with E-state index in [-0.39, 0.29) is 5.91 Å². The Labute approximate surface area is 101 Å². The Hall–Kier alpha value is -1.84. The molecular weight excluding hydrogens is 216 g/mol. The van der Waals surface area contributed by atoms with E-state index in [4.69, 9.17) is 4.74 Å². The normalized spacial score (nSPS) is 19.1. The molecule has 2 heterocycles. The van der Waals surface area contributed by atoms with Crippen LogP contribution in [0.3, 0.4) is 0 Å². The van der Waals surface area contributed by atoms with Crippen LogP contribution in [0.2, 0.25) is 0 Å². The molecule has 0 aromatic carbocycles. The largest absolute Gasteiger partial charge is 0.481 e. The lowest BCUT2D eigenvalue weighted by molar-refractivity contribution is -0.125. The average Bonchev–Trinajstić information content (AvgIpc) is 2.87. The third kappa shape index (κ3) is 2.30. The molecule has 1 aromatic rings. The Balaban J connectivity index is 2.15. The highest BCUT2D eigenvalue weighted by atomic mass is 16.5.